The SMILES string of the molecule is CC(C)N1CCCC(N(CCN)CCc2ccccc2)C1=O.Cl. The molecule has 1 aromatic rings. The van der Waals surface area contributed by atoms with E-state index >= 15 is 0 Å². The number of nitrogens with two attached hydrogens (primary N) is 1. The number of piperidine rings is 1. The summed E-state index contributed by atoms with van der Waals surface area (Å²) in [5, 5.41) is 0. The molecule has 1 amide bonds. The summed E-state index contributed by atoms with van der Waals surface area (Å²) >= 11 is 0. The van der Waals surface area contributed by atoms with Crippen LogP contribution in [-0.4, -0.2) is 54.0 Å². The summed E-state index contributed by atoms with van der Waals surface area (Å²) in [5.74, 6) is 0.280. The number of likely N-dealkylation sites (tertiary alicyclic amines) is 1. The molecule has 0 aliphatic carbocycles. The predicted molar refractivity (Wildman–Crippen MR) is 97.9 cm³/mol. The number of benzene rings is 1. The van der Waals surface area contributed by atoms with Gasteiger partial charge in [0.05, 0.1) is 6.04 Å². The van der Waals surface area contributed by atoms with Crippen molar-refractivity contribution in [1.82, 2.24) is 9.80 Å². The van der Waals surface area contributed by atoms with Crippen LogP contribution in [0.5, 0.6) is 0 Å². The van der Waals surface area contributed by atoms with Crippen molar-refractivity contribution >= 4 is 18.3 Å². The highest BCUT2D eigenvalue weighted by Gasteiger charge is 2.33. The van der Waals surface area contributed by atoms with Crippen molar-refractivity contribution in [3.05, 3.63) is 35.9 Å². The predicted octanol–water partition coefficient (Wildman–Crippen LogP) is 2.31. The van der Waals surface area contributed by atoms with Gasteiger partial charge in [0.25, 0.3) is 0 Å². The fourth-order valence-electron chi connectivity index (χ4n) is 3.24. The molecular weight excluding hydrogens is 310 g/mol. The number of halogens is 1. The highest BCUT2D eigenvalue weighted by molar-refractivity contribution is 5.85. The second-order valence-electron chi connectivity index (χ2n) is 6.34. The van der Waals surface area contributed by atoms with Crippen LogP contribution in [0.4, 0.5) is 0 Å². The van der Waals surface area contributed by atoms with Gasteiger partial charge in [0.2, 0.25) is 5.91 Å². The van der Waals surface area contributed by atoms with Gasteiger partial charge >= 0.3 is 0 Å². The molecule has 4 nitrogen and oxygen atoms in total. The maximum Gasteiger partial charge on any atom is 0.240 e. The molecule has 1 atom stereocenters. The van der Waals surface area contributed by atoms with Crippen molar-refractivity contribution in [2.45, 2.75) is 45.2 Å². The summed E-state index contributed by atoms with van der Waals surface area (Å²) in [6.07, 6.45) is 3.00. The summed E-state index contributed by atoms with van der Waals surface area (Å²) in [5.41, 5.74) is 7.09. The number of carbonyl (C=O) groups is 1. The summed E-state index contributed by atoms with van der Waals surface area (Å²) in [7, 11) is 0. The third-order valence-electron chi connectivity index (χ3n) is 4.46. The Balaban J connectivity index is 0.00000264. The Morgan fingerprint density at radius 3 is 2.57 bits per heavy atom. The first-order valence-corrected chi connectivity index (χ1v) is 8.42. The molecule has 5 heteroatoms. The lowest BCUT2D eigenvalue weighted by Gasteiger charge is -2.40. The normalized spacial score (nSPS) is 18.4. The van der Waals surface area contributed by atoms with Crippen LogP contribution in [0.3, 0.4) is 0 Å². The summed E-state index contributed by atoms with van der Waals surface area (Å²) < 4.78 is 0. The van der Waals surface area contributed by atoms with Gasteiger partial charge < -0.3 is 10.6 Å². The number of carbonyl (C=O) groups excluding carboxylic acids is 1. The molecule has 1 heterocycles. The lowest BCUT2D eigenvalue weighted by Crippen LogP contribution is -2.55. The standard InChI is InChI=1S/C18H29N3O.ClH/c1-15(2)21-12-6-9-17(18(21)22)20(14-11-19)13-10-16-7-4-3-5-8-16;/h3-5,7-8,15,17H,6,9-14,19H2,1-2H3;1H. The Morgan fingerprint density at radius 1 is 1.26 bits per heavy atom. The molecule has 0 aromatic heterocycles. The largest absolute Gasteiger partial charge is 0.339 e. The monoisotopic (exact) mass is 339 g/mol. The van der Waals surface area contributed by atoms with E-state index in [1.54, 1.807) is 0 Å². The van der Waals surface area contributed by atoms with Crippen LogP contribution in [0.2, 0.25) is 0 Å². The van der Waals surface area contributed by atoms with E-state index in [4.69, 9.17) is 5.73 Å². The zero-order valence-corrected chi connectivity index (χ0v) is 15.1. The molecule has 23 heavy (non-hydrogen) atoms. The van der Waals surface area contributed by atoms with Gasteiger partial charge in [0, 0.05) is 32.2 Å². The van der Waals surface area contributed by atoms with E-state index in [2.05, 4.69) is 43.0 Å². The molecule has 2 N–H and O–H groups in total. The van der Waals surface area contributed by atoms with E-state index in [-0.39, 0.29) is 30.4 Å². The van der Waals surface area contributed by atoms with Crippen LogP contribution in [0.25, 0.3) is 0 Å². The Bertz CT molecular complexity index is 467. The molecule has 0 spiro atoms. The molecule has 130 valence electrons. The summed E-state index contributed by atoms with van der Waals surface area (Å²) in [6, 6.07) is 10.7. The van der Waals surface area contributed by atoms with E-state index in [0.717, 1.165) is 38.9 Å². The van der Waals surface area contributed by atoms with Crippen LogP contribution < -0.4 is 5.73 Å². The minimum absolute atomic E-state index is 0. The summed E-state index contributed by atoms with van der Waals surface area (Å²) in [6.45, 7) is 7.36. The topological polar surface area (TPSA) is 49.6 Å². The molecule has 1 aliphatic rings. The number of rotatable bonds is 7. The average Bonchev–Trinajstić information content (AvgIpc) is 2.52. The molecule has 1 unspecified atom stereocenters. The molecule has 0 radical (unpaired) electrons. The van der Waals surface area contributed by atoms with E-state index in [9.17, 15) is 4.79 Å². The van der Waals surface area contributed by atoms with E-state index in [0.29, 0.717) is 6.54 Å². The molecular formula is C18H30ClN3O. The first kappa shape index (κ1) is 19.9. The average molecular weight is 340 g/mol. The highest BCUT2D eigenvalue weighted by Crippen LogP contribution is 2.19. The van der Waals surface area contributed by atoms with Gasteiger partial charge in [-0.05, 0) is 38.7 Å². The molecule has 0 bridgehead atoms. The minimum Gasteiger partial charge on any atom is -0.339 e. The van der Waals surface area contributed by atoms with Crippen LogP contribution in [0, 0.1) is 0 Å². The quantitative estimate of drug-likeness (QED) is 0.829. The maximum absolute atomic E-state index is 12.7. The van der Waals surface area contributed by atoms with Crippen molar-refractivity contribution in [3.8, 4) is 0 Å². The number of amides is 1. The van der Waals surface area contributed by atoms with Gasteiger partial charge in [-0.1, -0.05) is 30.3 Å². The Hall–Kier alpha value is -1.10. The van der Waals surface area contributed by atoms with Crippen molar-refractivity contribution in [1.29, 1.82) is 0 Å². The molecule has 1 aromatic carbocycles. The van der Waals surface area contributed by atoms with E-state index in [1.165, 1.54) is 5.56 Å². The first-order valence-electron chi connectivity index (χ1n) is 8.42. The first-order chi connectivity index (χ1) is 10.6. The van der Waals surface area contributed by atoms with Crippen molar-refractivity contribution in [2.24, 2.45) is 5.73 Å². The molecule has 1 fully saturated rings. The fourth-order valence-corrected chi connectivity index (χ4v) is 3.24. The van der Waals surface area contributed by atoms with Crippen LogP contribution >= 0.6 is 12.4 Å². The third kappa shape index (κ3) is 5.48. The molecule has 0 saturated carbocycles. The number of nitrogens with zero attached hydrogens (tertiary/aromatic N) is 2. The van der Waals surface area contributed by atoms with Gasteiger partial charge in [-0.3, -0.25) is 9.69 Å². The van der Waals surface area contributed by atoms with Gasteiger partial charge in [-0.2, -0.15) is 0 Å². The Kier molecular flexibility index (Phi) is 8.59. The third-order valence-corrected chi connectivity index (χ3v) is 4.46. The zero-order chi connectivity index (χ0) is 15.9. The van der Waals surface area contributed by atoms with Crippen molar-refractivity contribution < 1.29 is 4.79 Å². The van der Waals surface area contributed by atoms with E-state index in [1.807, 2.05) is 11.0 Å². The second kappa shape index (κ2) is 9.91. The lowest BCUT2D eigenvalue weighted by molar-refractivity contribution is -0.142. The van der Waals surface area contributed by atoms with Crippen molar-refractivity contribution in [3.63, 3.8) is 0 Å². The Labute approximate surface area is 146 Å². The second-order valence-corrected chi connectivity index (χ2v) is 6.34. The van der Waals surface area contributed by atoms with Gasteiger partial charge in [-0.15, -0.1) is 12.4 Å². The summed E-state index contributed by atoms with van der Waals surface area (Å²) in [4.78, 5) is 17.0. The highest BCUT2D eigenvalue weighted by atomic mass is 35.5. The van der Waals surface area contributed by atoms with E-state index < -0.39 is 0 Å². The molecule has 1 aliphatic heterocycles. The molecule has 1 saturated heterocycles. The van der Waals surface area contributed by atoms with Crippen LogP contribution in [0.1, 0.15) is 32.3 Å². The Morgan fingerprint density at radius 2 is 1.96 bits per heavy atom. The van der Waals surface area contributed by atoms with Crippen molar-refractivity contribution in [2.75, 3.05) is 26.2 Å². The zero-order valence-electron chi connectivity index (χ0n) is 14.3. The lowest BCUT2D eigenvalue weighted by atomic mass is 10.0. The fraction of sp³-hybridized carbons (Fsp3) is 0.611. The minimum atomic E-state index is 0. The van der Waals surface area contributed by atoms with Crippen LogP contribution in [0.15, 0.2) is 30.3 Å². The van der Waals surface area contributed by atoms with Crippen LogP contribution in [-0.2, 0) is 11.2 Å². The number of hydrogen-bond donors (Lipinski definition) is 1. The van der Waals surface area contributed by atoms with Gasteiger partial charge in [0.1, 0.15) is 0 Å². The van der Waals surface area contributed by atoms with Gasteiger partial charge in [-0.25, -0.2) is 0 Å². The maximum atomic E-state index is 12.7. The molecule has 2 rings (SSSR count). The number of hydrogen-bond acceptors (Lipinski definition) is 3. The van der Waals surface area contributed by atoms with Gasteiger partial charge in [0.15, 0.2) is 0 Å². The smallest absolute Gasteiger partial charge is 0.240 e.